The minimum Gasteiger partial charge on any atom is -0.462 e. The topological polar surface area (TPSA) is 29.5 Å². The maximum absolute atomic E-state index is 12.4. The van der Waals surface area contributed by atoms with Crippen molar-refractivity contribution >= 4 is 5.97 Å². The third kappa shape index (κ3) is 5.76. The number of hydrogen-bond donors (Lipinski definition) is 0. The predicted octanol–water partition coefficient (Wildman–Crippen LogP) is 8.28. The van der Waals surface area contributed by atoms with Crippen LogP contribution in [0.5, 0.6) is 0 Å². The monoisotopic (exact) mass is 499 g/mol. The summed E-state index contributed by atoms with van der Waals surface area (Å²) in [6.07, 6.45) is 18.7. The third-order valence-corrected chi connectivity index (χ3v) is 11.5. The van der Waals surface area contributed by atoms with Gasteiger partial charge in [0.25, 0.3) is 0 Å². The van der Waals surface area contributed by atoms with Gasteiger partial charge in [0.2, 0.25) is 0 Å². The maximum Gasteiger partial charge on any atom is 0.306 e. The van der Waals surface area contributed by atoms with E-state index in [0.29, 0.717) is 17.3 Å². The van der Waals surface area contributed by atoms with Crippen LogP contribution in [0.15, 0.2) is 11.6 Å². The fourth-order valence-electron chi connectivity index (χ4n) is 9.54. The molecule has 36 heavy (non-hydrogen) atoms. The maximum atomic E-state index is 12.4. The van der Waals surface area contributed by atoms with Gasteiger partial charge in [0.05, 0.1) is 0 Å². The molecule has 3 fully saturated rings. The van der Waals surface area contributed by atoms with E-state index in [1.807, 2.05) is 0 Å². The molecule has 8 atom stereocenters. The zero-order valence-electron chi connectivity index (χ0n) is 24.8. The lowest BCUT2D eigenvalue weighted by atomic mass is 9.47. The van der Waals surface area contributed by atoms with Crippen LogP contribution in [0, 0.1) is 46.3 Å². The van der Waals surface area contributed by atoms with Crippen molar-refractivity contribution in [2.45, 2.75) is 124 Å². The van der Waals surface area contributed by atoms with Gasteiger partial charge in [0.1, 0.15) is 6.10 Å². The first-order chi connectivity index (χ1) is 17.0. The highest BCUT2D eigenvalue weighted by molar-refractivity contribution is 5.69. The smallest absolute Gasteiger partial charge is 0.306 e. The second-order valence-corrected chi connectivity index (χ2v) is 14.6. The van der Waals surface area contributed by atoms with E-state index in [1.54, 1.807) is 5.57 Å². The lowest BCUT2D eigenvalue weighted by Gasteiger charge is -2.58. The van der Waals surface area contributed by atoms with Gasteiger partial charge in [-0.2, -0.15) is 0 Å². The Morgan fingerprint density at radius 2 is 1.81 bits per heavy atom. The summed E-state index contributed by atoms with van der Waals surface area (Å²) in [4.78, 5) is 14.6. The molecule has 206 valence electrons. The molecule has 0 unspecified atom stereocenters. The van der Waals surface area contributed by atoms with Gasteiger partial charge in [0, 0.05) is 12.8 Å². The molecule has 3 nitrogen and oxygen atoms in total. The van der Waals surface area contributed by atoms with Crippen molar-refractivity contribution in [2.75, 3.05) is 20.6 Å². The number of carbonyl (C=O) groups is 1. The van der Waals surface area contributed by atoms with E-state index >= 15 is 0 Å². The van der Waals surface area contributed by atoms with Gasteiger partial charge in [-0.1, -0.05) is 65.5 Å². The van der Waals surface area contributed by atoms with Crippen LogP contribution in [0.3, 0.4) is 0 Å². The first-order valence-electron chi connectivity index (χ1n) is 15.6. The van der Waals surface area contributed by atoms with Crippen molar-refractivity contribution < 1.29 is 9.53 Å². The van der Waals surface area contributed by atoms with Crippen molar-refractivity contribution in [1.29, 1.82) is 0 Å². The Morgan fingerprint density at radius 1 is 1.03 bits per heavy atom. The lowest BCUT2D eigenvalue weighted by Crippen LogP contribution is -2.51. The summed E-state index contributed by atoms with van der Waals surface area (Å²) in [5, 5.41) is 0. The number of hydrogen-bond acceptors (Lipinski definition) is 3. The Balaban J connectivity index is 1.37. The minimum atomic E-state index is 0.00711. The van der Waals surface area contributed by atoms with E-state index in [1.165, 1.54) is 57.8 Å². The van der Waals surface area contributed by atoms with E-state index in [9.17, 15) is 4.79 Å². The second kappa shape index (κ2) is 11.5. The van der Waals surface area contributed by atoms with Gasteiger partial charge in [-0.15, -0.1) is 0 Å². The molecule has 3 heteroatoms. The minimum absolute atomic E-state index is 0.00711. The molecule has 0 aromatic heterocycles. The molecule has 0 spiro atoms. The highest BCUT2D eigenvalue weighted by Gasteiger charge is 2.59. The van der Waals surface area contributed by atoms with Crippen LogP contribution in [0.1, 0.15) is 118 Å². The molecule has 0 radical (unpaired) electrons. The van der Waals surface area contributed by atoms with Gasteiger partial charge >= 0.3 is 5.97 Å². The summed E-state index contributed by atoms with van der Waals surface area (Å²) >= 11 is 0. The first kappa shape index (κ1) is 28.2. The molecule has 4 aliphatic carbocycles. The number of nitrogens with zero attached hydrogens (tertiary/aromatic N) is 1. The molecule has 3 saturated carbocycles. The first-order valence-corrected chi connectivity index (χ1v) is 15.6. The van der Waals surface area contributed by atoms with Gasteiger partial charge in [-0.3, -0.25) is 4.79 Å². The van der Waals surface area contributed by atoms with E-state index in [0.717, 1.165) is 61.3 Å². The number of esters is 1. The number of allylic oxidation sites excluding steroid dienone is 1. The van der Waals surface area contributed by atoms with Crippen LogP contribution in [-0.2, 0) is 9.53 Å². The van der Waals surface area contributed by atoms with Crippen LogP contribution in [-0.4, -0.2) is 37.6 Å². The molecule has 0 N–H and O–H groups in total. The quantitative estimate of drug-likeness (QED) is 0.224. The lowest BCUT2D eigenvalue weighted by molar-refractivity contribution is -0.151. The summed E-state index contributed by atoms with van der Waals surface area (Å²) in [6.45, 7) is 13.5. The van der Waals surface area contributed by atoms with Crippen LogP contribution in [0.25, 0.3) is 0 Å². The molecule has 0 heterocycles. The van der Waals surface area contributed by atoms with Crippen molar-refractivity contribution in [3.63, 3.8) is 0 Å². The molecule has 0 aromatic rings. The van der Waals surface area contributed by atoms with Crippen LogP contribution in [0.2, 0.25) is 0 Å². The number of ether oxygens (including phenoxy) is 1. The molecule has 0 saturated heterocycles. The summed E-state index contributed by atoms with van der Waals surface area (Å²) in [6, 6.07) is 0. The summed E-state index contributed by atoms with van der Waals surface area (Å²) in [5.41, 5.74) is 2.51. The average Bonchev–Trinajstić information content (AvgIpc) is 3.16. The summed E-state index contributed by atoms with van der Waals surface area (Å²) in [5.74, 6) is 5.27. The zero-order valence-corrected chi connectivity index (χ0v) is 24.8. The SMILES string of the molecule is CC(C)CCC[C@@H](C)[C@H]1CC[C@H]2[C@@H]3CC=C4C[C@@H](OC(=O)CCCN(C)C)CC[C@]4(C)[C@H]3CC[C@]12C. The second-order valence-electron chi connectivity index (χ2n) is 14.6. The van der Waals surface area contributed by atoms with E-state index in [4.69, 9.17) is 4.74 Å². The number of fused-ring (bicyclic) bond motifs is 5. The van der Waals surface area contributed by atoms with Gasteiger partial charge < -0.3 is 9.64 Å². The van der Waals surface area contributed by atoms with Crippen molar-refractivity contribution in [2.24, 2.45) is 46.3 Å². The highest BCUT2D eigenvalue weighted by Crippen LogP contribution is 2.67. The Hall–Kier alpha value is -0.830. The Morgan fingerprint density at radius 3 is 2.53 bits per heavy atom. The largest absolute Gasteiger partial charge is 0.462 e. The molecule has 4 rings (SSSR count). The Labute approximate surface area is 223 Å². The third-order valence-electron chi connectivity index (χ3n) is 11.5. The number of carbonyl (C=O) groups excluding carboxylic acids is 1. The molecule has 0 aromatic carbocycles. The average molecular weight is 500 g/mol. The van der Waals surface area contributed by atoms with E-state index in [2.05, 4.69) is 59.7 Å². The van der Waals surface area contributed by atoms with Crippen LogP contribution < -0.4 is 0 Å². The van der Waals surface area contributed by atoms with Crippen molar-refractivity contribution in [3.05, 3.63) is 11.6 Å². The standard InChI is InChI=1S/C33H57NO2/c1-23(2)10-8-11-24(3)28-15-16-29-27-14-13-25-22-26(36-31(35)12-9-21-34(6)7)17-19-32(25,4)30(27)18-20-33(28,29)5/h13,23-24,26-30H,8-12,14-22H2,1-7H3/t24-,26+,27+,28-,29+,30+,32+,33-/m1/s1. The molecule has 0 aliphatic heterocycles. The van der Waals surface area contributed by atoms with Crippen LogP contribution >= 0.6 is 0 Å². The fraction of sp³-hybridized carbons (Fsp3) is 0.909. The molecular weight excluding hydrogens is 442 g/mol. The van der Waals surface area contributed by atoms with E-state index in [-0.39, 0.29) is 12.1 Å². The predicted molar refractivity (Wildman–Crippen MR) is 151 cm³/mol. The fourth-order valence-corrected chi connectivity index (χ4v) is 9.54. The summed E-state index contributed by atoms with van der Waals surface area (Å²) < 4.78 is 5.98. The molecule has 0 bridgehead atoms. The number of rotatable bonds is 10. The van der Waals surface area contributed by atoms with Gasteiger partial charge in [-0.25, -0.2) is 0 Å². The normalized spacial score (nSPS) is 38.8. The Bertz CT molecular complexity index is 787. The van der Waals surface area contributed by atoms with Crippen LogP contribution in [0.4, 0.5) is 0 Å². The Kier molecular flexibility index (Phi) is 9.01. The van der Waals surface area contributed by atoms with Gasteiger partial charge in [0.15, 0.2) is 0 Å². The van der Waals surface area contributed by atoms with E-state index < -0.39 is 0 Å². The van der Waals surface area contributed by atoms with Crippen molar-refractivity contribution in [3.8, 4) is 0 Å². The van der Waals surface area contributed by atoms with Gasteiger partial charge in [-0.05, 0) is 118 Å². The molecule has 4 aliphatic rings. The molecule has 0 amide bonds. The zero-order chi connectivity index (χ0) is 26.1. The highest BCUT2D eigenvalue weighted by atomic mass is 16.5. The summed E-state index contributed by atoms with van der Waals surface area (Å²) in [7, 11) is 4.12. The van der Waals surface area contributed by atoms with Crippen molar-refractivity contribution in [1.82, 2.24) is 4.90 Å². The molecular formula is C33H57NO2.